The maximum Gasteiger partial charge on any atom is 0.242 e. The zero-order valence-corrected chi connectivity index (χ0v) is 11.9. The van der Waals surface area contributed by atoms with Gasteiger partial charge in [0.2, 0.25) is 5.91 Å². The summed E-state index contributed by atoms with van der Waals surface area (Å²) in [6, 6.07) is 5.80. The highest BCUT2D eigenvalue weighted by molar-refractivity contribution is 9.10. The molecule has 4 heteroatoms. The molecule has 1 N–H and O–H groups in total. The molecule has 0 fully saturated rings. The van der Waals surface area contributed by atoms with Crippen molar-refractivity contribution in [2.45, 2.75) is 32.2 Å². The molecule has 0 radical (unpaired) electrons. The van der Waals surface area contributed by atoms with Crippen molar-refractivity contribution >= 4 is 33.4 Å². The molecule has 1 unspecified atom stereocenters. The molecule has 88 valence electrons. The molecule has 0 heterocycles. The van der Waals surface area contributed by atoms with Gasteiger partial charge < -0.3 is 5.32 Å². The predicted molar refractivity (Wildman–Crippen MR) is 70.8 cm³/mol. The van der Waals surface area contributed by atoms with Crippen LogP contribution in [0.3, 0.4) is 0 Å². The first-order valence-electron chi connectivity index (χ1n) is 5.12. The average Bonchev–Trinajstić information content (AvgIpc) is 2.20. The molecule has 1 amide bonds. The van der Waals surface area contributed by atoms with Gasteiger partial charge in [-0.2, -0.15) is 0 Å². The number of carbonyl (C=O) groups is 1. The third-order valence-corrected chi connectivity index (χ3v) is 3.45. The smallest absolute Gasteiger partial charge is 0.242 e. The Kier molecular flexibility index (Phi) is 4.81. The van der Waals surface area contributed by atoms with E-state index in [9.17, 15) is 4.79 Å². The molecule has 0 saturated heterocycles. The molecule has 1 atom stereocenters. The summed E-state index contributed by atoms with van der Waals surface area (Å²) in [6.07, 6.45) is 0. The van der Waals surface area contributed by atoms with Crippen molar-refractivity contribution in [1.29, 1.82) is 0 Å². The molecule has 0 spiro atoms. The third-order valence-electron chi connectivity index (χ3n) is 2.15. The second-order valence-electron chi connectivity index (χ2n) is 4.03. The van der Waals surface area contributed by atoms with E-state index >= 15 is 0 Å². The minimum Gasteiger partial charge on any atom is -0.352 e. The Morgan fingerprint density at radius 2 is 2.06 bits per heavy atom. The summed E-state index contributed by atoms with van der Waals surface area (Å²) in [6.45, 7) is 5.81. The Hall–Kier alpha value is -0.540. The number of benzene rings is 1. The molecular formula is C12H15BrClNO. The van der Waals surface area contributed by atoms with Crippen molar-refractivity contribution in [1.82, 2.24) is 5.32 Å². The summed E-state index contributed by atoms with van der Waals surface area (Å²) >= 11 is 9.52. The van der Waals surface area contributed by atoms with Crippen LogP contribution < -0.4 is 5.32 Å². The molecular weight excluding hydrogens is 289 g/mol. The second kappa shape index (κ2) is 5.69. The van der Waals surface area contributed by atoms with Gasteiger partial charge in [0.25, 0.3) is 0 Å². The lowest BCUT2D eigenvalue weighted by Gasteiger charge is -2.14. The molecule has 16 heavy (non-hydrogen) atoms. The predicted octanol–water partition coefficient (Wildman–Crippen LogP) is 3.56. The van der Waals surface area contributed by atoms with Gasteiger partial charge >= 0.3 is 0 Å². The SMILES string of the molecule is Cc1ccc(C(Cl)C(=O)NC(C)C)cc1Br. The highest BCUT2D eigenvalue weighted by Crippen LogP contribution is 2.26. The lowest BCUT2D eigenvalue weighted by molar-refractivity contribution is -0.121. The van der Waals surface area contributed by atoms with E-state index in [2.05, 4.69) is 21.2 Å². The van der Waals surface area contributed by atoms with Gasteiger partial charge in [-0.3, -0.25) is 4.79 Å². The fourth-order valence-corrected chi connectivity index (χ4v) is 1.87. The number of hydrogen-bond acceptors (Lipinski definition) is 1. The highest BCUT2D eigenvalue weighted by Gasteiger charge is 2.18. The van der Waals surface area contributed by atoms with E-state index in [1.54, 1.807) is 0 Å². The van der Waals surface area contributed by atoms with Crippen LogP contribution in [0, 0.1) is 6.92 Å². The van der Waals surface area contributed by atoms with Gasteiger partial charge in [0.1, 0.15) is 5.38 Å². The summed E-state index contributed by atoms with van der Waals surface area (Å²) in [4.78, 5) is 11.7. The van der Waals surface area contributed by atoms with Crippen LogP contribution in [0.2, 0.25) is 0 Å². The molecule has 1 aromatic rings. The van der Waals surface area contributed by atoms with Crippen LogP contribution in [0.15, 0.2) is 22.7 Å². The first kappa shape index (κ1) is 13.5. The van der Waals surface area contributed by atoms with Crippen molar-refractivity contribution in [3.05, 3.63) is 33.8 Å². The fourth-order valence-electron chi connectivity index (χ4n) is 1.28. The first-order valence-corrected chi connectivity index (χ1v) is 6.35. The summed E-state index contributed by atoms with van der Waals surface area (Å²) in [5.74, 6) is -0.160. The topological polar surface area (TPSA) is 29.1 Å². The molecule has 0 bridgehead atoms. The Labute approximate surface area is 110 Å². The number of alkyl halides is 1. The van der Waals surface area contributed by atoms with Crippen molar-refractivity contribution in [2.75, 3.05) is 0 Å². The van der Waals surface area contributed by atoms with Crippen molar-refractivity contribution in [2.24, 2.45) is 0 Å². The number of carbonyl (C=O) groups excluding carboxylic acids is 1. The molecule has 0 aliphatic rings. The number of rotatable bonds is 3. The van der Waals surface area contributed by atoms with E-state index in [1.165, 1.54) is 0 Å². The maximum atomic E-state index is 11.7. The molecule has 0 aliphatic heterocycles. The van der Waals surface area contributed by atoms with E-state index in [0.717, 1.165) is 15.6 Å². The van der Waals surface area contributed by atoms with E-state index in [4.69, 9.17) is 11.6 Å². The minimum absolute atomic E-state index is 0.0997. The van der Waals surface area contributed by atoms with E-state index in [1.807, 2.05) is 39.0 Å². The maximum absolute atomic E-state index is 11.7. The molecule has 1 aromatic carbocycles. The van der Waals surface area contributed by atoms with Gasteiger partial charge in [0, 0.05) is 10.5 Å². The Bertz CT molecular complexity index is 393. The lowest BCUT2D eigenvalue weighted by Crippen LogP contribution is -2.32. The molecule has 0 aromatic heterocycles. The summed E-state index contributed by atoms with van der Waals surface area (Å²) in [5, 5.41) is 2.15. The average molecular weight is 305 g/mol. The monoisotopic (exact) mass is 303 g/mol. The van der Waals surface area contributed by atoms with Gasteiger partial charge in [0.05, 0.1) is 0 Å². The summed E-state index contributed by atoms with van der Waals surface area (Å²) in [7, 11) is 0. The van der Waals surface area contributed by atoms with Crippen LogP contribution in [0.5, 0.6) is 0 Å². The van der Waals surface area contributed by atoms with Crippen LogP contribution in [0.1, 0.15) is 30.4 Å². The van der Waals surface area contributed by atoms with Gasteiger partial charge in [-0.25, -0.2) is 0 Å². The number of nitrogens with one attached hydrogen (secondary N) is 1. The highest BCUT2D eigenvalue weighted by atomic mass is 79.9. The number of hydrogen-bond donors (Lipinski definition) is 1. The Morgan fingerprint density at radius 1 is 1.44 bits per heavy atom. The molecule has 0 saturated carbocycles. The Balaban J connectivity index is 2.83. The van der Waals surface area contributed by atoms with Gasteiger partial charge in [-0.15, -0.1) is 11.6 Å². The van der Waals surface area contributed by atoms with Crippen molar-refractivity contribution < 1.29 is 4.79 Å². The van der Waals surface area contributed by atoms with Crippen molar-refractivity contribution in [3.8, 4) is 0 Å². The van der Waals surface area contributed by atoms with Crippen LogP contribution in [0.25, 0.3) is 0 Å². The second-order valence-corrected chi connectivity index (χ2v) is 5.33. The number of aryl methyl sites for hydroxylation is 1. The number of halogens is 2. The summed E-state index contributed by atoms with van der Waals surface area (Å²) in [5.41, 5.74) is 1.93. The van der Waals surface area contributed by atoms with Crippen LogP contribution in [0.4, 0.5) is 0 Å². The minimum atomic E-state index is -0.640. The standard InChI is InChI=1S/C12H15BrClNO/c1-7(2)15-12(16)11(14)9-5-4-8(3)10(13)6-9/h4-7,11H,1-3H3,(H,15,16). The molecule has 1 rings (SSSR count). The molecule has 2 nitrogen and oxygen atoms in total. The largest absolute Gasteiger partial charge is 0.352 e. The Morgan fingerprint density at radius 3 is 2.56 bits per heavy atom. The zero-order valence-electron chi connectivity index (χ0n) is 9.55. The zero-order chi connectivity index (χ0) is 12.3. The quantitative estimate of drug-likeness (QED) is 0.850. The number of amides is 1. The summed E-state index contributed by atoms with van der Waals surface area (Å²) < 4.78 is 0.966. The van der Waals surface area contributed by atoms with E-state index in [0.29, 0.717) is 0 Å². The van der Waals surface area contributed by atoms with E-state index < -0.39 is 5.38 Å². The first-order chi connectivity index (χ1) is 7.41. The lowest BCUT2D eigenvalue weighted by atomic mass is 10.1. The van der Waals surface area contributed by atoms with Crippen LogP contribution in [-0.4, -0.2) is 11.9 Å². The van der Waals surface area contributed by atoms with Gasteiger partial charge in [-0.05, 0) is 38.0 Å². The van der Waals surface area contributed by atoms with E-state index in [-0.39, 0.29) is 11.9 Å². The van der Waals surface area contributed by atoms with Gasteiger partial charge in [-0.1, -0.05) is 28.1 Å². The van der Waals surface area contributed by atoms with Crippen LogP contribution in [-0.2, 0) is 4.79 Å². The fraction of sp³-hybridized carbons (Fsp3) is 0.417. The van der Waals surface area contributed by atoms with Gasteiger partial charge in [0.15, 0.2) is 0 Å². The normalized spacial score (nSPS) is 12.6. The third kappa shape index (κ3) is 3.49. The molecule has 0 aliphatic carbocycles. The van der Waals surface area contributed by atoms with Crippen molar-refractivity contribution in [3.63, 3.8) is 0 Å². The van der Waals surface area contributed by atoms with Crippen LogP contribution >= 0.6 is 27.5 Å².